The van der Waals surface area contributed by atoms with Gasteiger partial charge in [0.15, 0.2) is 0 Å². The average molecular weight is 279 g/mol. The zero-order valence-electron chi connectivity index (χ0n) is 12.7. The predicted octanol–water partition coefficient (Wildman–Crippen LogP) is 4.89. The molecule has 0 bridgehead atoms. The molecule has 110 valence electrons. The first-order valence-electron chi connectivity index (χ1n) is 8.27. The Kier molecular flexibility index (Phi) is 5.07. The van der Waals surface area contributed by atoms with E-state index in [2.05, 4.69) is 66.0 Å². The molecule has 0 amide bonds. The predicted molar refractivity (Wildman–Crippen MR) is 89.3 cm³/mol. The van der Waals surface area contributed by atoms with Gasteiger partial charge in [0, 0.05) is 12.1 Å². The second-order valence-corrected chi connectivity index (χ2v) is 6.15. The van der Waals surface area contributed by atoms with E-state index in [4.69, 9.17) is 0 Å². The topological polar surface area (TPSA) is 12.0 Å². The summed E-state index contributed by atoms with van der Waals surface area (Å²) < 4.78 is 0. The summed E-state index contributed by atoms with van der Waals surface area (Å²) >= 11 is 0. The van der Waals surface area contributed by atoms with Crippen molar-refractivity contribution >= 4 is 0 Å². The van der Waals surface area contributed by atoms with Crippen LogP contribution < -0.4 is 5.32 Å². The monoisotopic (exact) mass is 279 g/mol. The van der Waals surface area contributed by atoms with Gasteiger partial charge < -0.3 is 5.32 Å². The summed E-state index contributed by atoms with van der Waals surface area (Å²) in [4.78, 5) is 0. The quantitative estimate of drug-likeness (QED) is 0.821. The van der Waals surface area contributed by atoms with E-state index in [1.165, 1.54) is 43.2 Å². The Bertz CT molecular complexity index is 514. The van der Waals surface area contributed by atoms with Gasteiger partial charge in [0.05, 0.1) is 0 Å². The van der Waals surface area contributed by atoms with Crippen LogP contribution in [-0.2, 0) is 6.42 Å². The van der Waals surface area contributed by atoms with Crippen LogP contribution in [0.25, 0.3) is 0 Å². The molecule has 1 aliphatic carbocycles. The zero-order chi connectivity index (χ0) is 14.3. The van der Waals surface area contributed by atoms with Gasteiger partial charge in [-0.25, -0.2) is 0 Å². The molecule has 0 aromatic heterocycles. The van der Waals surface area contributed by atoms with E-state index in [-0.39, 0.29) is 0 Å². The number of hydrogen-bond donors (Lipinski definition) is 1. The van der Waals surface area contributed by atoms with Crippen molar-refractivity contribution < 1.29 is 0 Å². The van der Waals surface area contributed by atoms with E-state index < -0.39 is 0 Å². The lowest BCUT2D eigenvalue weighted by molar-refractivity contribution is 0.337. The first kappa shape index (κ1) is 14.3. The minimum atomic E-state index is 0.428. The van der Waals surface area contributed by atoms with Gasteiger partial charge in [0.1, 0.15) is 0 Å². The Hall–Kier alpha value is -1.60. The molecule has 1 atom stereocenters. The smallest absolute Gasteiger partial charge is 0.0363 e. The van der Waals surface area contributed by atoms with Crippen molar-refractivity contribution in [1.29, 1.82) is 0 Å². The van der Waals surface area contributed by atoms with Crippen LogP contribution in [0, 0.1) is 0 Å². The summed E-state index contributed by atoms with van der Waals surface area (Å²) in [5.74, 6) is 0. The first-order valence-corrected chi connectivity index (χ1v) is 8.27. The molecule has 0 aliphatic heterocycles. The van der Waals surface area contributed by atoms with Crippen molar-refractivity contribution in [3.63, 3.8) is 0 Å². The molecular weight excluding hydrogens is 254 g/mol. The van der Waals surface area contributed by atoms with Crippen molar-refractivity contribution in [3.05, 3.63) is 71.8 Å². The molecule has 0 spiro atoms. The lowest BCUT2D eigenvalue weighted by Gasteiger charge is -2.29. The fraction of sp³-hybridized carbons (Fsp3) is 0.400. The summed E-state index contributed by atoms with van der Waals surface area (Å²) in [6.07, 6.45) is 7.90. The summed E-state index contributed by atoms with van der Waals surface area (Å²) in [6, 6.07) is 22.9. The molecule has 0 heterocycles. The van der Waals surface area contributed by atoms with Crippen LogP contribution in [0.4, 0.5) is 0 Å². The molecule has 1 heteroatoms. The molecular formula is C20H25N. The molecule has 3 rings (SSSR count). The molecule has 1 N–H and O–H groups in total. The molecule has 1 unspecified atom stereocenters. The highest BCUT2D eigenvalue weighted by Gasteiger charge is 2.19. The van der Waals surface area contributed by atoms with Crippen LogP contribution in [0.2, 0.25) is 0 Å². The molecule has 2 aromatic rings. The Morgan fingerprint density at radius 1 is 0.810 bits per heavy atom. The lowest BCUT2D eigenvalue weighted by atomic mass is 9.92. The van der Waals surface area contributed by atoms with E-state index in [1.807, 2.05) is 0 Å². The Balaban J connectivity index is 1.74. The van der Waals surface area contributed by atoms with Crippen LogP contribution in [-0.4, -0.2) is 6.04 Å². The van der Waals surface area contributed by atoms with Gasteiger partial charge in [-0.3, -0.25) is 0 Å². The SMILES string of the molecule is c1ccc(CC(NC2CCCCC2)c2ccccc2)cc1. The fourth-order valence-corrected chi connectivity index (χ4v) is 3.36. The third-order valence-corrected chi connectivity index (χ3v) is 4.53. The Morgan fingerprint density at radius 3 is 2.10 bits per heavy atom. The lowest BCUT2D eigenvalue weighted by Crippen LogP contribution is -2.35. The van der Waals surface area contributed by atoms with Crippen molar-refractivity contribution in [1.82, 2.24) is 5.32 Å². The van der Waals surface area contributed by atoms with Gasteiger partial charge in [-0.05, 0) is 30.4 Å². The molecule has 1 nitrogen and oxygen atoms in total. The highest BCUT2D eigenvalue weighted by Crippen LogP contribution is 2.24. The largest absolute Gasteiger partial charge is 0.307 e. The molecule has 1 saturated carbocycles. The first-order chi connectivity index (χ1) is 10.4. The van der Waals surface area contributed by atoms with E-state index in [0.717, 1.165) is 6.42 Å². The van der Waals surface area contributed by atoms with Gasteiger partial charge in [0.2, 0.25) is 0 Å². The Labute approximate surface area is 128 Å². The van der Waals surface area contributed by atoms with E-state index >= 15 is 0 Å². The zero-order valence-corrected chi connectivity index (χ0v) is 12.7. The van der Waals surface area contributed by atoms with Crippen molar-refractivity contribution in [2.75, 3.05) is 0 Å². The van der Waals surface area contributed by atoms with Crippen molar-refractivity contribution in [2.24, 2.45) is 0 Å². The third-order valence-electron chi connectivity index (χ3n) is 4.53. The highest BCUT2D eigenvalue weighted by atomic mass is 14.9. The molecule has 0 radical (unpaired) electrons. The van der Waals surface area contributed by atoms with Crippen LogP contribution in [0.15, 0.2) is 60.7 Å². The van der Waals surface area contributed by atoms with Gasteiger partial charge in [0.25, 0.3) is 0 Å². The molecule has 21 heavy (non-hydrogen) atoms. The maximum absolute atomic E-state index is 3.92. The average Bonchev–Trinajstić information content (AvgIpc) is 2.57. The maximum atomic E-state index is 3.92. The number of rotatable bonds is 5. The maximum Gasteiger partial charge on any atom is 0.0363 e. The van der Waals surface area contributed by atoms with Gasteiger partial charge in [-0.1, -0.05) is 79.9 Å². The fourth-order valence-electron chi connectivity index (χ4n) is 3.36. The summed E-state index contributed by atoms with van der Waals surface area (Å²) in [6.45, 7) is 0. The second-order valence-electron chi connectivity index (χ2n) is 6.15. The van der Waals surface area contributed by atoms with Crippen LogP contribution in [0.3, 0.4) is 0 Å². The van der Waals surface area contributed by atoms with E-state index in [9.17, 15) is 0 Å². The second kappa shape index (κ2) is 7.42. The molecule has 1 fully saturated rings. The van der Waals surface area contributed by atoms with E-state index in [1.54, 1.807) is 0 Å². The summed E-state index contributed by atoms with van der Waals surface area (Å²) in [5.41, 5.74) is 2.82. The van der Waals surface area contributed by atoms with Gasteiger partial charge >= 0.3 is 0 Å². The van der Waals surface area contributed by atoms with Crippen molar-refractivity contribution in [2.45, 2.75) is 50.6 Å². The number of benzene rings is 2. The molecule has 2 aromatic carbocycles. The normalized spacial score (nSPS) is 17.5. The summed E-state index contributed by atoms with van der Waals surface area (Å²) in [7, 11) is 0. The van der Waals surface area contributed by atoms with E-state index in [0.29, 0.717) is 12.1 Å². The van der Waals surface area contributed by atoms with Crippen LogP contribution >= 0.6 is 0 Å². The highest BCUT2D eigenvalue weighted by molar-refractivity contribution is 5.24. The molecule has 1 aliphatic rings. The standard InChI is InChI=1S/C20H25N/c1-4-10-17(11-5-1)16-20(18-12-6-2-7-13-18)21-19-14-8-3-9-15-19/h1-2,4-7,10-13,19-21H,3,8-9,14-16H2. The van der Waals surface area contributed by atoms with Crippen LogP contribution in [0.5, 0.6) is 0 Å². The van der Waals surface area contributed by atoms with Gasteiger partial charge in [-0.15, -0.1) is 0 Å². The van der Waals surface area contributed by atoms with Crippen LogP contribution in [0.1, 0.15) is 49.3 Å². The van der Waals surface area contributed by atoms with Gasteiger partial charge in [-0.2, -0.15) is 0 Å². The number of nitrogens with one attached hydrogen (secondary N) is 1. The number of hydrogen-bond acceptors (Lipinski definition) is 1. The third kappa shape index (κ3) is 4.18. The summed E-state index contributed by atoms with van der Waals surface area (Å²) in [5, 5.41) is 3.92. The molecule has 0 saturated heterocycles. The Morgan fingerprint density at radius 2 is 1.43 bits per heavy atom. The van der Waals surface area contributed by atoms with Crippen molar-refractivity contribution in [3.8, 4) is 0 Å². The minimum Gasteiger partial charge on any atom is -0.307 e. The minimum absolute atomic E-state index is 0.428.